The third-order valence-corrected chi connectivity index (χ3v) is 4.35. The Morgan fingerprint density at radius 3 is 2.33 bits per heavy atom. The molecule has 0 spiro atoms. The van der Waals surface area contributed by atoms with E-state index in [2.05, 4.69) is 4.74 Å². The van der Waals surface area contributed by atoms with E-state index in [1.807, 2.05) is 0 Å². The summed E-state index contributed by atoms with van der Waals surface area (Å²) in [5, 5.41) is 18.3. The van der Waals surface area contributed by atoms with Gasteiger partial charge in [0, 0.05) is 5.92 Å². The minimum absolute atomic E-state index is 0.000586. The van der Waals surface area contributed by atoms with Gasteiger partial charge in [-0.1, -0.05) is 18.2 Å². The van der Waals surface area contributed by atoms with Gasteiger partial charge in [-0.2, -0.15) is 0 Å². The fourth-order valence-electron chi connectivity index (χ4n) is 2.83. The maximum Gasteiger partial charge on any atom is 0.573 e. The molecule has 0 amide bonds. The quantitative estimate of drug-likeness (QED) is 0.761. The fraction of sp³-hybridized carbons (Fsp3) is 0.316. The topological polar surface area (TPSA) is 76.0 Å². The van der Waals surface area contributed by atoms with Crippen molar-refractivity contribution in [3.05, 3.63) is 48.0 Å². The summed E-state index contributed by atoms with van der Waals surface area (Å²) in [7, 11) is 0. The molecule has 2 atom stereocenters. The smallest absolute Gasteiger partial charge is 0.493 e. The molecule has 1 fully saturated rings. The number of aliphatic hydroxyl groups excluding tert-OH is 1. The van der Waals surface area contributed by atoms with Gasteiger partial charge >= 0.3 is 12.3 Å². The van der Waals surface area contributed by atoms with Gasteiger partial charge in [-0.3, -0.25) is 4.79 Å². The van der Waals surface area contributed by atoms with E-state index in [0.717, 1.165) is 6.07 Å². The largest absolute Gasteiger partial charge is 0.573 e. The molecule has 5 nitrogen and oxygen atoms in total. The van der Waals surface area contributed by atoms with E-state index < -0.39 is 12.3 Å². The molecular weight excluding hydrogens is 365 g/mol. The maximum absolute atomic E-state index is 12.4. The third kappa shape index (κ3) is 4.91. The number of ether oxygens (including phenoxy) is 2. The summed E-state index contributed by atoms with van der Waals surface area (Å²) in [6, 6.07) is 10.3. The summed E-state index contributed by atoms with van der Waals surface area (Å²) in [6.07, 6.45) is -4.20. The molecule has 8 heteroatoms. The highest BCUT2D eigenvalue weighted by molar-refractivity contribution is 5.73. The van der Waals surface area contributed by atoms with E-state index in [0.29, 0.717) is 35.5 Å². The summed E-state index contributed by atoms with van der Waals surface area (Å²) in [5.41, 5.74) is 1.47. The molecule has 2 N–H and O–H groups in total. The van der Waals surface area contributed by atoms with Gasteiger partial charge in [0.25, 0.3) is 0 Å². The zero-order valence-corrected chi connectivity index (χ0v) is 14.1. The first kappa shape index (κ1) is 19.0. The fourth-order valence-corrected chi connectivity index (χ4v) is 2.83. The summed E-state index contributed by atoms with van der Waals surface area (Å²) < 4.78 is 46.8. The number of carbonyl (C=O) groups is 1. The van der Waals surface area contributed by atoms with Crippen LogP contribution in [0.2, 0.25) is 0 Å². The van der Waals surface area contributed by atoms with Crippen LogP contribution in [-0.4, -0.2) is 29.2 Å². The van der Waals surface area contributed by atoms with Crippen molar-refractivity contribution in [1.82, 2.24) is 0 Å². The van der Waals surface area contributed by atoms with Crippen LogP contribution in [0.5, 0.6) is 11.5 Å². The van der Waals surface area contributed by atoms with Gasteiger partial charge in [-0.25, -0.2) is 0 Å². The van der Waals surface area contributed by atoms with Gasteiger partial charge in [0.1, 0.15) is 11.5 Å². The van der Waals surface area contributed by atoms with Crippen LogP contribution in [-0.2, 0) is 11.4 Å². The van der Waals surface area contributed by atoms with Crippen LogP contribution in [0.15, 0.2) is 42.5 Å². The lowest BCUT2D eigenvalue weighted by Gasteiger charge is -2.13. The van der Waals surface area contributed by atoms with E-state index in [1.165, 1.54) is 12.1 Å². The predicted molar refractivity (Wildman–Crippen MR) is 89.2 cm³/mol. The number of halogens is 3. The number of benzene rings is 2. The zero-order chi connectivity index (χ0) is 19.6. The highest BCUT2D eigenvalue weighted by Crippen LogP contribution is 2.39. The first-order valence-corrected chi connectivity index (χ1v) is 8.22. The number of aliphatic carboxylic acids is 1. The highest BCUT2D eigenvalue weighted by atomic mass is 19.4. The van der Waals surface area contributed by atoms with Crippen LogP contribution in [0.1, 0.15) is 12.0 Å². The second-order valence-electron chi connectivity index (χ2n) is 6.30. The Bertz CT molecular complexity index is 817. The van der Waals surface area contributed by atoms with Crippen LogP contribution in [0.25, 0.3) is 11.1 Å². The van der Waals surface area contributed by atoms with Crippen molar-refractivity contribution in [2.75, 3.05) is 6.61 Å². The summed E-state index contributed by atoms with van der Waals surface area (Å²) in [5.74, 6) is -1.02. The molecule has 0 aromatic heterocycles. The van der Waals surface area contributed by atoms with Crippen molar-refractivity contribution in [2.24, 2.45) is 11.8 Å². The second kappa shape index (κ2) is 7.48. The molecule has 0 saturated heterocycles. The Morgan fingerprint density at radius 1 is 1.11 bits per heavy atom. The predicted octanol–water partition coefficient (Wildman–Crippen LogP) is 3.84. The lowest BCUT2D eigenvalue weighted by Crippen LogP contribution is -2.17. The normalized spacial score (nSPS) is 18.8. The molecule has 1 saturated carbocycles. The minimum Gasteiger partial charge on any atom is -0.493 e. The van der Waals surface area contributed by atoms with Crippen LogP contribution in [0.3, 0.4) is 0 Å². The molecule has 2 unspecified atom stereocenters. The first-order valence-electron chi connectivity index (χ1n) is 8.22. The van der Waals surface area contributed by atoms with E-state index >= 15 is 0 Å². The van der Waals surface area contributed by atoms with E-state index in [9.17, 15) is 23.1 Å². The van der Waals surface area contributed by atoms with Crippen molar-refractivity contribution in [3.8, 4) is 22.6 Å². The average molecular weight is 382 g/mol. The standard InChI is InChI=1S/C19H17F3O5/c20-19(21,22)27-15-6-3-12(9-23)16(8-15)11-1-4-14(5-2-11)26-10-13-7-17(13)18(24)25/h1-6,8,13,17,23H,7,9-10H2,(H,24,25). The zero-order valence-electron chi connectivity index (χ0n) is 14.1. The average Bonchev–Trinajstić information content (AvgIpc) is 3.39. The molecule has 2 aromatic rings. The van der Waals surface area contributed by atoms with Crippen molar-refractivity contribution in [2.45, 2.75) is 19.4 Å². The van der Waals surface area contributed by atoms with Crippen molar-refractivity contribution in [1.29, 1.82) is 0 Å². The molecule has 2 aromatic carbocycles. The molecule has 1 aliphatic rings. The van der Waals surface area contributed by atoms with Gasteiger partial charge in [0.15, 0.2) is 0 Å². The van der Waals surface area contributed by atoms with Gasteiger partial charge in [-0.15, -0.1) is 13.2 Å². The number of aliphatic hydroxyl groups is 1. The summed E-state index contributed by atoms with van der Waals surface area (Å²) in [6.45, 7) is -0.0365. The molecule has 0 aliphatic heterocycles. The lowest BCUT2D eigenvalue weighted by molar-refractivity contribution is -0.274. The Labute approximate surface area is 153 Å². The van der Waals surface area contributed by atoms with Gasteiger partial charge in [0.05, 0.1) is 19.1 Å². The molecule has 1 aliphatic carbocycles. The van der Waals surface area contributed by atoms with Gasteiger partial charge in [0.2, 0.25) is 0 Å². The van der Waals surface area contributed by atoms with Crippen LogP contribution < -0.4 is 9.47 Å². The van der Waals surface area contributed by atoms with Gasteiger partial charge < -0.3 is 19.7 Å². The van der Waals surface area contributed by atoms with Crippen molar-refractivity contribution >= 4 is 5.97 Å². The third-order valence-electron chi connectivity index (χ3n) is 4.35. The Kier molecular flexibility index (Phi) is 5.27. The van der Waals surface area contributed by atoms with Crippen LogP contribution in [0, 0.1) is 11.8 Å². The first-order chi connectivity index (χ1) is 12.8. The summed E-state index contributed by atoms with van der Waals surface area (Å²) in [4.78, 5) is 10.8. The number of alkyl halides is 3. The Hall–Kier alpha value is -2.74. The summed E-state index contributed by atoms with van der Waals surface area (Å²) >= 11 is 0. The molecule has 0 heterocycles. The van der Waals surface area contributed by atoms with Crippen LogP contribution >= 0.6 is 0 Å². The van der Waals surface area contributed by atoms with Crippen LogP contribution in [0.4, 0.5) is 13.2 Å². The highest BCUT2D eigenvalue weighted by Gasteiger charge is 2.43. The molecule has 0 radical (unpaired) electrons. The number of carboxylic acid groups (broad SMARTS) is 1. The number of hydrogen-bond acceptors (Lipinski definition) is 4. The number of carboxylic acids is 1. The minimum atomic E-state index is -4.80. The van der Waals surface area contributed by atoms with Crippen molar-refractivity contribution < 1.29 is 37.7 Å². The van der Waals surface area contributed by atoms with Gasteiger partial charge in [-0.05, 0) is 47.4 Å². The monoisotopic (exact) mass is 382 g/mol. The number of rotatable bonds is 7. The van der Waals surface area contributed by atoms with E-state index in [4.69, 9.17) is 9.84 Å². The molecule has 0 bridgehead atoms. The maximum atomic E-state index is 12.4. The van der Waals surface area contributed by atoms with Crippen molar-refractivity contribution in [3.63, 3.8) is 0 Å². The molecular formula is C19H17F3O5. The van der Waals surface area contributed by atoms with E-state index in [1.54, 1.807) is 24.3 Å². The number of hydrogen-bond donors (Lipinski definition) is 2. The Balaban J connectivity index is 1.72. The molecule has 27 heavy (non-hydrogen) atoms. The SMILES string of the molecule is O=C(O)C1CC1COc1ccc(-c2cc(OC(F)(F)F)ccc2CO)cc1. The molecule has 3 rings (SSSR count). The second-order valence-corrected chi connectivity index (χ2v) is 6.30. The van der Waals surface area contributed by atoms with E-state index in [-0.39, 0.29) is 24.2 Å². The molecule has 144 valence electrons. The lowest BCUT2D eigenvalue weighted by atomic mass is 9.99. The Morgan fingerprint density at radius 2 is 1.78 bits per heavy atom.